The maximum atomic E-state index is 5.27. The van der Waals surface area contributed by atoms with E-state index >= 15 is 0 Å². The fourth-order valence-electron chi connectivity index (χ4n) is 1.60. The summed E-state index contributed by atoms with van der Waals surface area (Å²) in [5, 5.41) is 3.72. The normalized spacial score (nSPS) is 10.6. The van der Waals surface area contributed by atoms with E-state index in [1.54, 1.807) is 29.5 Å². The van der Waals surface area contributed by atoms with E-state index in [1.165, 1.54) is 0 Å². The molecule has 1 N–H and O–H groups in total. The fourth-order valence-corrected chi connectivity index (χ4v) is 1.82. The number of hydrogen-bond donors (Lipinski definition) is 1. The smallest absolute Gasteiger partial charge is 0.184 e. The first kappa shape index (κ1) is 9.98. The molecule has 0 saturated heterocycles. The Morgan fingerprint density at radius 3 is 3.00 bits per heavy atom. The summed E-state index contributed by atoms with van der Waals surface area (Å²) in [5.74, 6) is 0.874. The number of nitrogens with zero attached hydrogens (tertiary/aromatic N) is 4. The van der Waals surface area contributed by atoms with Gasteiger partial charge in [-0.05, 0) is 24.4 Å². The van der Waals surface area contributed by atoms with E-state index in [2.05, 4.69) is 15.3 Å². The van der Waals surface area contributed by atoms with Gasteiger partial charge in [-0.25, -0.2) is 9.97 Å². The number of imidazole rings is 2. The Balaban J connectivity index is 1.95. The Hall–Kier alpha value is -2.21. The summed E-state index contributed by atoms with van der Waals surface area (Å²) < 4.78 is 3.67. The van der Waals surface area contributed by atoms with Gasteiger partial charge in [0.1, 0.15) is 17.8 Å². The molecule has 0 bridgehead atoms. The maximum absolute atomic E-state index is 5.27. The summed E-state index contributed by atoms with van der Waals surface area (Å²) in [7, 11) is 0. The van der Waals surface area contributed by atoms with Gasteiger partial charge in [0.2, 0.25) is 0 Å². The van der Waals surface area contributed by atoms with Crippen molar-refractivity contribution in [3.8, 4) is 0 Å². The molecule has 0 aliphatic rings. The van der Waals surface area contributed by atoms with Crippen LogP contribution in [0.5, 0.6) is 0 Å². The van der Waals surface area contributed by atoms with Gasteiger partial charge in [-0.1, -0.05) is 6.07 Å². The highest BCUT2D eigenvalue weighted by Gasteiger charge is 2.03. The molecule has 0 aliphatic carbocycles. The van der Waals surface area contributed by atoms with Crippen molar-refractivity contribution in [2.75, 3.05) is 5.32 Å². The van der Waals surface area contributed by atoms with E-state index < -0.39 is 0 Å². The maximum Gasteiger partial charge on any atom is 0.184 e. The number of aromatic nitrogens is 4. The van der Waals surface area contributed by atoms with E-state index in [4.69, 9.17) is 12.2 Å². The first-order chi connectivity index (χ1) is 8.34. The van der Waals surface area contributed by atoms with Crippen molar-refractivity contribution in [1.29, 1.82) is 0 Å². The van der Waals surface area contributed by atoms with Gasteiger partial charge in [-0.15, -0.1) is 0 Å². The number of thiocarbonyl (C=S) groups is 1. The third-order valence-electron chi connectivity index (χ3n) is 2.40. The molecule has 0 saturated carbocycles. The largest absolute Gasteiger partial charge is 0.318 e. The molecule has 6 heteroatoms. The number of rotatable bonds is 1. The van der Waals surface area contributed by atoms with Crippen molar-refractivity contribution in [1.82, 2.24) is 18.9 Å². The number of nitrogens with one attached hydrogen (secondary N) is 1. The molecular formula is C11H9N5S. The van der Waals surface area contributed by atoms with Crippen LogP contribution in [-0.4, -0.2) is 24.0 Å². The summed E-state index contributed by atoms with van der Waals surface area (Å²) >= 11 is 5.27. The van der Waals surface area contributed by atoms with Crippen LogP contribution in [0.2, 0.25) is 0 Å². The third kappa shape index (κ3) is 1.78. The summed E-state index contributed by atoms with van der Waals surface area (Å²) in [4.78, 5) is 8.16. The lowest BCUT2D eigenvalue weighted by atomic mass is 10.4. The van der Waals surface area contributed by atoms with Crippen molar-refractivity contribution in [3.05, 3.63) is 49.3 Å². The lowest BCUT2D eigenvalue weighted by molar-refractivity contribution is 1.13. The fraction of sp³-hybridized carbons (Fsp3) is 0. The third-order valence-corrected chi connectivity index (χ3v) is 2.72. The van der Waals surface area contributed by atoms with Gasteiger partial charge in [0.25, 0.3) is 0 Å². The molecule has 3 aromatic rings. The van der Waals surface area contributed by atoms with Crippen LogP contribution in [0, 0.1) is 0 Å². The van der Waals surface area contributed by atoms with Crippen LogP contribution in [0.1, 0.15) is 0 Å². The zero-order valence-corrected chi connectivity index (χ0v) is 9.63. The standard InChI is InChI=1S/C11H9N5S/c17-11(15-6-4-12-8-15)14-10-3-1-2-9-13-5-7-16(9)10/h1-8H,(H,14,17). The number of fused-ring (bicyclic) bond motifs is 1. The van der Waals surface area contributed by atoms with Gasteiger partial charge in [-0.3, -0.25) is 8.97 Å². The minimum atomic E-state index is 0.573. The van der Waals surface area contributed by atoms with Crippen LogP contribution in [0.15, 0.2) is 49.3 Å². The van der Waals surface area contributed by atoms with Crippen molar-refractivity contribution < 1.29 is 0 Å². The van der Waals surface area contributed by atoms with E-state index in [9.17, 15) is 0 Å². The Kier molecular flexibility index (Phi) is 2.34. The Labute approximate surface area is 103 Å². The molecule has 0 unspecified atom stereocenters. The first-order valence-corrected chi connectivity index (χ1v) is 5.47. The zero-order chi connectivity index (χ0) is 11.7. The lowest BCUT2D eigenvalue weighted by Crippen LogP contribution is -2.18. The highest BCUT2D eigenvalue weighted by atomic mass is 32.1. The molecule has 3 rings (SSSR count). The quantitative estimate of drug-likeness (QED) is 0.662. The van der Waals surface area contributed by atoms with Gasteiger partial charge in [0, 0.05) is 24.8 Å². The van der Waals surface area contributed by atoms with E-state index in [0.717, 1.165) is 11.5 Å². The topological polar surface area (TPSA) is 47.2 Å². The van der Waals surface area contributed by atoms with Gasteiger partial charge in [-0.2, -0.15) is 0 Å². The van der Waals surface area contributed by atoms with E-state index in [-0.39, 0.29) is 0 Å². The average Bonchev–Trinajstić information content (AvgIpc) is 3.00. The molecule has 0 aromatic carbocycles. The minimum Gasteiger partial charge on any atom is -0.318 e. The molecule has 3 aromatic heterocycles. The molecule has 0 fully saturated rings. The number of pyridine rings is 1. The van der Waals surface area contributed by atoms with E-state index in [0.29, 0.717) is 5.11 Å². The Morgan fingerprint density at radius 2 is 2.18 bits per heavy atom. The second kappa shape index (κ2) is 3.99. The van der Waals surface area contributed by atoms with Crippen molar-refractivity contribution in [2.45, 2.75) is 0 Å². The molecule has 0 spiro atoms. The van der Waals surface area contributed by atoms with Crippen LogP contribution in [0.3, 0.4) is 0 Å². The zero-order valence-electron chi connectivity index (χ0n) is 8.82. The second-order valence-corrected chi connectivity index (χ2v) is 3.85. The summed E-state index contributed by atoms with van der Waals surface area (Å²) in [6, 6.07) is 5.81. The van der Waals surface area contributed by atoms with Crippen LogP contribution in [0.4, 0.5) is 5.82 Å². The highest BCUT2D eigenvalue weighted by molar-refractivity contribution is 7.80. The predicted molar refractivity (Wildman–Crippen MR) is 69.0 cm³/mol. The first-order valence-electron chi connectivity index (χ1n) is 5.06. The van der Waals surface area contributed by atoms with Crippen LogP contribution in [0.25, 0.3) is 5.65 Å². The second-order valence-electron chi connectivity index (χ2n) is 3.47. The lowest BCUT2D eigenvalue weighted by Gasteiger charge is -2.09. The summed E-state index contributed by atoms with van der Waals surface area (Å²) in [5.41, 5.74) is 0.878. The van der Waals surface area contributed by atoms with Gasteiger partial charge >= 0.3 is 0 Å². The molecular weight excluding hydrogens is 234 g/mol. The van der Waals surface area contributed by atoms with Gasteiger partial charge in [0.05, 0.1) is 0 Å². The molecule has 5 nitrogen and oxygen atoms in total. The molecule has 17 heavy (non-hydrogen) atoms. The Morgan fingerprint density at radius 1 is 1.24 bits per heavy atom. The SMILES string of the molecule is S=C(Nc1cccc2nccn12)n1ccnc1. The summed E-state index contributed by atoms with van der Waals surface area (Å²) in [6.07, 6.45) is 8.77. The van der Waals surface area contributed by atoms with Crippen molar-refractivity contribution in [3.63, 3.8) is 0 Å². The Bertz CT molecular complexity index is 655. The highest BCUT2D eigenvalue weighted by Crippen LogP contribution is 2.11. The molecule has 0 amide bonds. The van der Waals surface area contributed by atoms with Crippen molar-refractivity contribution in [2.24, 2.45) is 0 Å². The van der Waals surface area contributed by atoms with Crippen LogP contribution >= 0.6 is 12.2 Å². The predicted octanol–water partition coefficient (Wildman–Crippen LogP) is 1.78. The van der Waals surface area contributed by atoms with E-state index in [1.807, 2.05) is 28.8 Å². The number of hydrogen-bond acceptors (Lipinski definition) is 3. The monoisotopic (exact) mass is 243 g/mol. The van der Waals surface area contributed by atoms with Gasteiger partial charge in [0.15, 0.2) is 5.11 Å². The summed E-state index contributed by atoms with van der Waals surface area (Å²) in [6.45, 7) is 0. The van der Waals surface area contributed by atoms with Crippen molar-refractivity contribution >= 4 is 28.8 Å². The molecule has 0 radical (unpaired) electrons. The number of anilines is 1. The molecule has 0 aliphatic heterocycles. The average molecular weight is 243 g/mol. The van der Waals surface area contributed by atoms with Crippen LogP contribution in [-0.2, 0) is 0 Å². The van der Waals surface area contributed by atoms with Gasteiger partial charge < -0.3 is 5.32 Å². The minimum absolute atomic E-state index is 0.573. The molecule has 0 atom stereocenters. The van der Waals surface area contributed by atoms with Crippen LogP contribution < -0.4 is 5.32 Å². The molecule has 3 heterocycles. The molecule has 84 valence electrons.